The number of nitrogens with zero attached hydrogens (tertiary/aromatic N) is 1. The van der Waals surface area contributed by atoms with E-state index in [9.17, 15) is 14.4 Å². The normalized spacial score (nSPS) is 15.9. The second-order valence-corrected chi connectivity index (χ2v) is 7.63. The fourth-order valence-electron chi connectivity index (χ4n) is 3.27. The monoisotopic (exact) mass is 486 g/mol. The van der Waals surface area contributed by atoms with Crippen molar-refractivity contribution < 1.29 is 23.4 Å². The molecule has 0 saturated heterocycles. The first-order valence-electron chi connectivity index (χ1n) is 9.47. The molecule has 1 unspecified atom stereocenters. The number of ether oxygens (including phenoxy) is 3. The van der Waals surface area contributed by atoms with Crippen LogP contribution in [0.25, 0.3) is 0 Å². The predicted octanol–water partition coefficient (Wildman–Crippen LogP) is 4.81. The number of carbonyl (C=O) groups excluding carboxylic acids is 1. The molecule has 31 heavy (non-hydrogen) atoms. The molecule has 0 bridgehead atoms. The molecule has 6 nitrogen and oxygen atoms in total. The van der Waals surface area contributed by atoms with Gasteiger partial charge in [-0.05, 0) is 43.7 Å². The van der Waals surface area contributed by atoms with Crippen molar-refractivity contribution in [3.05, 3.63) is 86.7 Å². The number of nitriles is 1. The zero-order valence-corrected chi connectivity index (χ0v) is 18.5. The van der Waals surface area contributed by atoms with Crippen LogP contribution >= 0.6 is 15.9 Å². The zero-order valence-electron chi connectivity index (χ0n) is 16.9. The fourth-order valence-corrected chi connectivity index (χ4v) is 3.61. The van der Waals surface area contributed by atoms with Gasteiger partial charge in [-0.15, -0.1) is 0 Å². The molecule has 0 saturated carbocycles. The molecule has 1 atom stereocenters. The van der Waals surface area contributed by atoms with Crippen LogP contribution in [-0.2, 0) is 20.9 Å². The Labute approximate surface area is 187 Å². The number of esters is 1. The molecule has 2 N–H and O–H groups in total. The number of hydrogen-bond donors (Lipinski definition) is 1. The summed E-state index contributed by atoms with van der Waals surface area (Å²) in [4.78, 5) is 12.6. The van der Waals surface area contributed by atoms with E-state index in [0.717, 1.165) is 0 Å². The molecule has 8 heteroatoms. The number of hydrogen-bond acceptors (Lipinski definition) is 6. The summed E-state index contributed by atoms with van der Waals surface area (Å²) in [6, 6.07) is 13.6. The van der Waals surface area contributed by atoms with Gasteiger partial charge in [-0.2, -0.15) is 5.26 Å². The van der Waals surface area contributed by atoms with Crippen molar-refractivity contribution in [1.82, 2.24) is 0 Å². The van der Waals surface area contributed by atoms with E-state index in [1.54, 1.807) is 50.2 Å². The molecule has 1 aliphatic rings. The Morgan fingerprint density at radius 2 is 2.10 bits per heavy atom. The summed E-state index contributed by atoms with van der Waals surface area (Å²) in [5.74, 6) is -1.10. The smallest absolute Gasteiger partial charge is 0.338 e. The summed E-state index contributed by atoms with van der Waals surface area (Å²) in [6.07, 6.45) is 0. The first kappa shape index (κ1) is 22.4. The maximum atomic E-state index is 14.1. The zero-order chi connectivity index (χ0) is 22.5. The molecule has 3 rings (SSSR count). The van der Waals surface area contributed by atoms with Gasteiger partial charge < -0.3 is 19.9 Å². The lowest BCUT2D eigenvalue weighted by molar-refractivity contribution is -0.139. The third kappa shape index (κ3) is 4.89. The number of halogens is 2. The molecule has 0 aliphatic carbocycles. The number of benzene rings is 2. The largest absolute Gasteiger partial charge is 0.489 e. The van der Waals surface area contributed by atoms with Crippen molar-refractivity contribution in [1.29, 1.82) is 5.26 Å². The van der Waals surface area contributed by atoms with E-state index >= 15 is 0 Å². The van der Waals surface area contributed by atoms with Gasteiger partial charge in [0, 0.05) is 10.0 Å². The lowest BCUT2D eigenvalue weighted by Crippen LogP contribution is -2.25. The minimum atomic E-state index is -0.772. The molecule has 0 amide bonds. The fraction of sp³-hybridized carbons (Fsp3) is 0.217. The van der Waals surface area contributed by atoms with Gasteiger partial charge in [0.25, 0.3) is 0 Å². The highest BCUT2D eigenvalue weighted by Crippen LogP contribution is 2.40. The van der Waals surface area contributed by atoms with Crippen LogP contribution in [0.15, 0.2) is 69.7 Å². The molecule has 1 aliphatic heterocycles. The Morgan fingerprint density at radius 1 is 1.32 bits per heavy atom. The van der Waals surface area contributed by atoms with E-state index in [4.69, 9.17) is 19.9 Å². The summed E-state index contributed by atoms with van der Waals surface area (Å²) in [5.41, 5.74) is 7.21. The van der Waals surface area contributed by atoms with Crippen LogP contribution in [0.3, 0.4) is 0 Å². The topological polar surface area (TPSA) is 94.6 Å². The van der Waals surface area contributed by atoms with E-state index in [0.29, 0.717) is 21.3 Å². The standard InChI is InChI=1S/C23H20BrFN2O4/c1-3-29-23(28)20-13(2)31-22(27)18(11-26)21(20)14-5-4-6-17(9-14)30-12-15-7-8-16(24)10-19(15)25/h4-10,21H,3,12,27H2,1-2H3. The van der Waals surface area contributed by atoms with Gasteiger partial charge in [0.1, 0.15) is 35.6 Å². The van der Waals surface area contributed by atoms with Crippen molar-refractivity contribution in [2.45, 2.75) is 26.4 Å². The average Bonchev–Trinajstić information content (AvgIpc) is 2.73. The molecule has 0 fully saturated rings. The van der Waals surface area contributed by atoms with Gasteiger partial charge >= 0.3 is 5.97 Å². The van der Waals surface area contributed by atoms with E-state index in [2.05, 4.69) is 15.9 Å². The summed E-state index contributed by atoms with van der Waals surface area (Å²) in [5, 5.41) is 9.66. The van der Waals surface area contributed by atoms with E-state index < -0.39 is 11.9 Å². The summed E-state index contributed by atoms with van der Waals surface area (Å²) in [7, 11) is 0. The van der Waals surface area contributed by atoms with Gasteiger partial charge in [0.05, 0.1) is 18.1 Å². The van der Waals surface area contributed by atoms with Crippen LogP contribution in [0.5, 0.6) is 5.75 Å². The van der Waals surface area contributed by atoms with Crippen LogP contribution < -0.4 is 10.5 Å². The van der Waals surface area contributed by atoms with Crippen molar-refractivity contribution in [2.75, 3.05) is 6.61 Å². The van der Waals surface area contributed by atoms with Crippen molar-refractivity contribution >= 4 is 21.9 Å². The quantitative estimate of drug-likeness (QED) is 0.588. The number of allylic oxidation sites excluding steroid dienone is 2. The van der Waals surface area contributed by atoms with Gasteiger partial charge in [-0.25, -0.2) is 9.18 Å². The minimum Gasteiger partial charge on any atom is -0.489 e. The highest BCUT2D eigenvalue weighted by molar-refractivity contribution is 9.10. The Morgan fingerprint density at radius 3 is 2.77 bits per heavy atom. The van der Waals surface area contributed by atoms with Crippen LogP contribution in [0.4, 0.5) is 4.39 Å². The molecule has 0 radical (unpaired) electrons. The molecule has 1 heterocycles. The highest BCUT2D eigenvalue weighted by atomic mass is 79.9. The Hall–Kier alpha value is -3.31. The van der Waals surface area contributed by atoms with E-state index in [1.807, 2.05) is 6.07 Å². The highest BCUT2D eigenvalue weighted by Gasteiger charge is 2.36. The lowest BCUT2D eigenvalue weighted by Gasteiger charge is -2.27. The molecule has 160 valence electrons. The van der Waals surface area contributed by atoms with Gasteiger partial charge in [-0.1, -0.05) is 34.1 Å². The number of carbonyl (C=O) groups is 1. The van der Waals surface area contributed by atoms with Gasteiger partial charge in [0.15, 0.2) is 0 Å². The van der Waals surface area contributed by atoms with Gasteiger partial charge in [-0.3, -0.25) is 0 Å². The Bertz CT molecular complexity index is 1120. The van der Waals surface area contributed by atoms with Crippen LogP contribution in [0, 0.1) is 17.1 Å². The van der Waals surface area contributed by atoms with E-state index in [1.165, 1.54) is 6.07 Å². The molecule has 2 aromatic carbocycles. The second kappa shape index (κ2) is 9.67. The predicted molar refractivity (Wildman–Crippen MR) is 115 cm³/mol. The SMILES string of the molecule is CCOC(=O)C1=C(C)OC(N)=C(C#N)C1c1cccc(OCc2ccc(Br)cc2F)c1. The van der Waals surface area contributed by atoms with E-state index in [-0.39, 0.29) is 41.8 Å². The maximum absolute atomic E-state index is 14.1. The lowest BCUT2D eigenvalue weighted by atomic mass is 9.83. The summed E-state index contributed by atoms with van der Waals surface area (Å²) in [6.45, 7) is 3.47. The molecular formula is C23H20BrFN2O4. The average molecular weight is 487 g/mol. The number of nitrogens with two attached hydrogens (primary N) is 1. The van der Waals surface area contributed by atoms with Crippen molar-refractivity contribution in [2.24, 2.45) is 5.73 Å². The number of rotatable bonds is 6. The van der Waals surface area contributed by atoms with Crippen LogP contribution in [0.1, 0.15) is 30.9 Å². The first-order valence-corrected chi connectivity index (χ1v) is 10.3. The van der Waals surface area contributed by atoms with Gasteiger partial charge in [0.2, 0.25) is 5.88 Å². The van der Waals surface area contributed by atoms with Crippen LogP contribution in [0.2, 0.25) is 0 Å². The third-order valence-corrected chi connectivity index (χ3v) is 5.20. The second-order valence-electron chi connectivity index (χ2n) is 6.71. The molecule has 0 aromatic heterocycles. The molecule has 0 spiro atoms. The van der Waals surface area contributed by atoms with Crippen LogP contribution in [-0.4, -0.2) is 12.6 Å². The summed E-state index contributed by atoms with van der Waals surface area (Å²) < 4.78 is 31.1. The summed E-state index contributed by atoms with van der Waals surface area (Å²) >= 11 is 3.22. The van der Waals surface area contributed by atoms with Crippen molar-refractivity contribution in [3.8, 4) is 11.8 Å². The Balaban J connectivity index is 1.94. The minimum absolute atomic E-state index is 0.0129. The molecular weight excluding hydrogens is 467 g/mol. The van der Waals surface area contributed by atoms with Crippen molar-refractivity contribution in [3.63, 3.8) is 0 Å². The maximum Gasteiger partial charge on any atom is 0.338 e. The molecule has 2 aromatic rings. The first-order chi connectivity index (χ1) is 14.8. The third-order valence-electron chi connectivity index (χ3n) is 4.70. The Kier molecular flexibility index (Phi) is 6.98.